The molecular formula is C15H15NOS. The van der Waals surface area contributed by atoms with E-state index in [1.54, 1.807) is 7.11 Å². The minimum Gasteiger partial charge on any atom is -0.497 e. The largest absolute Gasteiger partial charge is 0.497 e. The molecular weight excluding hydrogens is 242 g/mol. The van der Waals surface area contributed by atoms with Gasteiger partial charge >= 0.3 is 0 Å². The quantitative estimate of drug-likeness (QED) is 0.808. The molecule has 18 heavy (non-hydrogen) atoms. The number of benzene rings is 2. The zero-order valence-electron chi connectivity index (χ0n) is 10.5. The number of methoxy groups -OCH3 is 1. The molecule has 1 aliphatic rings. The van der Waals surface area contributed by atoms with Crippen molar-refractivity contribution < 1.29 is 4.74 Å². The van der Waals surface area contributed by atoms with E-state index >= 15 is 0 Å². The van der Waals surface area contributed by atoms with Crippen molar-refractivity contribution in [2.24, 2.45) is 0 Å². The predicted octanol–water partition coefficient (Wildman–Crippen LogP) is 3.94. The Labute approximate surface area is 112 Å². The summed E-state index contributed by atoms with van der Waals surface area (Å²) in [5.41, 5.74) is 2.58. The van der Waals surface area contributed by atoms with Crippen molar-refractivity contribution in [1.29, 1.82) is 0 Å². The SMILES string of the molecule is COc1cccc(C2Sc3ccccc3N2C)c1. The molecule has 2 aromatic rings. The summed E-state index contributed by atoms with van der Waals surface area (Å²) in [6.07, 6.45) is 0. The van der Waals surface area contributed by atoms with Gasteiger partial charge < -0.3 is 9.64 Å². The van der Waals surface area contributed by atoms with Crippen LogP contribution in [-0.2, 0) is 0 Å². The van der Waals surface area contributed by atoms with Crippen LogP contribution in [0.2, 0.25) is 0 Å². The van der Waals surface area contributed by atoms with Crippen LogP contribution in [0, 0.1) is 0 Å². The Morgan fingerprint density at radius 2 is 1.94 bits per heavy atom. The third-order valence-electron chi connectivity index (χ3n) is 3.21. The first-order valence-corrected chi connectivity index (χ1v) is 6.80. The molecule has 0 radical (unpaired) electrons. The Morgan fingerprint density at radius 3 is 2.72 bits per heavy atom. The molecule has 1 unspecified atom stereocenters. The lowest BCUT2D eigenvalue weighted by Crippen LogP contribution is -2.16. The molecule has 0 spiro atoms. The lowest BCUT2D eigenvalue weighted by Gasteiger charge is -2.22. The summed E-state index contributed by atoms with van der Waals surface area (Å²) in [6.45, 7) is 0. The van der Waals surface area contributed by atoms with Crippen LogP contribution in [0.1, 0.15) is 10.9 Å². The molecule has 92 valence electrons. The van der Waals surface area contributed by atoms with Crippen LogP contribution in [-0.4, -0.2) is 14.2 Å². The number of ether oxygens (including phenoxy) is 1. The van der Waals surface area contributed by atoms with Crippen LogP contribution >= 0.6 is 11.8 Å². The van der Waals surface area contributed by atoms with E-state index in [-0.39, 0.29) is 0 Å². The summed E-state index contributed by atoms with van der Waals surface area (Å²) in [5, 5.41) is 0.331. The summed E-state index contributed by atoms with van der Waals surface area (Å²) in [7, 11) is 3.85. The first-order chi connectivity index (χ1) is 8.79. The fourth-order valence-electron chi connectivity index (χ4n) is 2.26. The fraction of sp³-hybridized carbons (Fsp3) is 0.200. The van der Waals surface area contributed by atoms with Gasteiger partial charge in [-0.15, -0.1) is 0 Å². The Morgan fingerprint density at radius 1 is 1.11 bits per heavy atom. The zero-order chi connectivity index (χ0) is 12.5. The molecule has 0 saturated heterocycles. The number of anilines is 1. The molecule has 0 N–H and O–H groups in total. The lowest BCUT2D eigenvalue weighted by molar-refractivity contribution is 0.414. The van der Waals surface area contributed by atoms with Crippen molar-refractivity contribution in [3.05, 3.63) is 54.1 Å². The number of nitrogens with zero attached hydrogens (tertiary/aromatic N) is 1. The maximum Gasteiger partial charge on any atom is 0.119 e. The van der Waals surface area contributed by atoms with Gasteiger partial charge in [0.1, 0.15) is 11.1 Å². The van der Waals surface area contributed by atoms with Crippen molar-refractivity contribution in [2.45, 2.75) is 10.3 Å². The van der Waals surface area contributed by atoms with E-state index in [0.29, 0.717) is 5.37 Å². The van der Waals surface area contributed by atoms with Gasteiger partial charge in [0.2, 0.25) is 0 Å². The predicted molar refractivity (Wildman–Crippen MR) is 76.4 cm³/mol. The van der Waals surface area contributed by atoms with Crippen LogP contribution in [0.5, 0.6) is 5.75 Å². The number of fused-ring (bicyclic) bond motifs is 1. The Kier molecular flexibility index (Phi) is 2.92. The summed E-state index contributed by atoms with van der Waals surface area (Å²) >= 11 is 1.89. The van der Waals surface area contributed by atoms with Gasteiger partial charge in [0.05, 0.1) is 12.8 Å². The van der Waals surface area contributed by atoms with Gasteiger partial charge in [-0.2, -0.15) is 0 Å². The molecule has 0 saturated carbocycles. The molecule has 0 amide bonds. The van der Waals surface area contributed by atoms with Gasteiger partial charge in [0.15, 0.2) is 0 Å². The monoisotopic (exact) mass is 257 g/mol. The molecule has 0 fully saturated rings. The van der Waals surface area contributed by atoms with Crippen molar-refractivity contribution in [1.82, 2.24) is 0 Å². The van der Waals surface area contributed by atoms with Gasteiger partial charge in [-0.25, -0.2) is 0 Å². The van der Waals surface area contributed by atoms with Crippen LogP contribution in [0.25, 0.3) is 0 Å². The first-order valence-electron chi connectivity index (χ1n) is 5.92. The highest BCUT2D eigenvalue weighted by Gasteiger charge is 2.28. The third kappa shape index (κ3) is 1.85. The molecule has 1 atom stereocenters. The van der Waals surface area contributed by atoms with E-state index < -0.39 is 0 Å². The highest BCUT2D eigenvalue weighted by atomic mass is 32.2. The van der Waals surface area contributed by atoms with Crippen LogP contribution in [0.15, 0.2) is 53.4 Å². The molecule has 1 heterocycles. The highest BCUT2D eigenvalue weighted by molar-refractivity contribution is 8.00. The number of thioether (sulfide) groups is 1. The first kappa shape index (κ1) is 11.5. The average Bonchev–Trinajstić information content (AvgIpc) is 2.77. The van der Waals surface area contributed by atoms with Crippen molar-refractivity contribution in [3.63, 3.8) is 0 Å². The Bertz CT molecular complexity index is 570. The second-order valence-electron chi connectivity index (χ2n) is 4.33. The second-order valence-corrected chi connectivity index (χ2v) is 5.45. The molecule has 1 aliphatic heterocycles. The molecule has 0 aromatic heterocycles. The molecule has 2 aromatic carbocycles. The zero-order valence-corrected chi connectivity index (χ0v) is 11.3. The number of para-hydroxylation sites is 1. The van der Waals surface area contributed by atoms with Crippen LogP contribution < -0.4 is 9.64 Å². The minimum atomic E-state index is 0.331. The summed E-state index contributed by atoms with van der Waals surface area (Å²) in [5.74, 6) is 0.914. The van der Waals surface area contributed by atoms with E-state index in [1.807, 2.05) is 23.9 Å². The molecule has 3 heteroatoms. The lowest BCUT2D eigenvalue weighted by atomic mass is 10.2. The van der Waals surface area contributed by atoms with Crippen molar-refractivity contribution in [3.8, 4) is 5.75 Å². The van der Waals surface area contributed by atoms with E-state index in [9.17, 15) is 0 Å². The molecule has 0 aliphatic carbocycles. The molecule has 2 nitrogen and oxygen atoms in total. The Balaban J connectivity index is 1.96. The maximum atomic E-state index is 5.30. The van der Waals surface area contributed by atoms with E-state index in [4.69, 9.17) is 4.74 Å². The van der Waals surface area contributed by atoms with Gasteiger partial charge in [0.25, 0.3) is 0 Å². The van der Waals surface area contributed by atoms with E-state index in [1.165, 1.54) is 16.1 Å². The standard InChI is InChI=1S/C15H15NOS/c1-16-13-8-3-4-9-14(13)18-15(16)11-6-5-7-12(10-11)17-2/h3-10,15H,1-2H3. The summed E-state index contributed by atoms with van der Waals surface area (Å²) in [4.78, 5) is 3.65. The highest BCUT2D eigenvalue weighted by Crippen LogP contribution is 2.50. The normalized spacial score (nSPS) is 17.7. The van der Waals surface area contributed by atoms with Gasteiger partial charge in [-0.05, 0) is 29.8 Å². The molecule has 0 bridgehead atoms. The van der Waals surface area contributed by atoms with Crippen molar-refractivity contribution >= 4 is 17.4 Å². The fourth-order valence-corrected chi connectivity index (χ4v) is 3.55. The summed E-state index contributed by atoms with van der Waals surface area (Å²) < 4.78 is 5.30. The molecule has 3 rings (SSSR count). The van der Waals surface area contributed by atoms with Crippen molar-refractivity contribution in [2.75, 3.05) is 19.1 Å². The number of rotatable bonds is 2. The summed E-state index contributed by atoms with van der Waals surface area (Å²) in [6, 6.07) is 16.8. The average molecular weight is 257 g/mol. The van der Waals surface area contributed by atoms with Crippen LogP contribution in [0.3, 0.4) is 0 Å². The van der Waals surface area contributed by atoms with Crippen LogP contribution in [0.4, 0.5) is 5.69 Å². The van der Waals surface area contributed by atoms with Gasteiger partial charge in [0, 0.05) is 11.9 Å². The van der Waals surface area contributed by atoms with Gasteiger partial charge in [-0.1, -0.05) is 36.0 Å². The number of hydrogen-bond acceptors (Lipinski definition) is 3. The van der Waals surface area contributed by atoms with E-state index in [2.05, 4.69) is 48.3 Å². The van der Waals surface area contributed by atoms with Gasteiger partial charge in [-0.3, -0.25) is 0 Å². The Hall–Kier alpha value is -1.61. The second kappa shape index (κ2) is 4.58. The van der Waals surface area contributed by atoms with E-state index in [0.717, 1.165) is 5.75 Å². The third-order valence-corrected chi connectivity index (χ3v) is 4.63. The topological polar surface area (TPSA) is 12.5 Å². The minimum absolute atomic E-state index is 0.331. The smallest absolute Gasteiger partial charge is 0.119 e. The number of hydrogen-bond donors (Lipinski definition) is 0. The maximum absolute atomic E-state index is 5.30.